The van der Waals surface area contributed by atoms with Crippen molar-refractivity contribution in [1.29, 1.82) is 0 Å². The number of carbonyl (C=O) groups excluding carboxylic acids is 1. The van der Waals surface area contributed by atoms with Gasteiger partial charge in [-0.1, -0.05) is 12.1 Å². The van der Waals surface area contributed by atoms with Crippen molar-refractivity contribution in [3.63, 3.8) is 0 Å². The number of amides is 1. The fourth-order valence-electron chi connectivity index (χ4n) is 3.02. The number of sulfonamides is 1. The van der Waals surface area contributed by atoms with Gasteiger partial charge in [0.1, 0.15) is 11.5 Å². The lowest BCUT2D eigenvalue weighted by Gasteiger charge is -2.17. The summed E-state index contributed by atoms with van der Waals surface area (Å²) in [5.41, 5.74) is -0.555. The van der Waals surface area contributed by atoms with Gasteiger partial charge in [0.15, 0.2) is 0 Å². The molecule has 0 aliphatic heterocycles. The predicted molar refractivity (Wildman–Crippen MR) is 118 cm³/mol. The van der Waals surface area contributed by atoms with Crippen molar-refractivity contribution < 1.29 is 30.8 Å². The molecule has 0 radical (unpaired) electrons. The second-order valence-corrected chi connectivity index (χ2v) is 9.32. The van der Waals surface area contributed by atoms with E-state index in [-0.39, 0.29) is 29.1 Å². The minimum Gasteiger partial charge on any atom is -0.324 e. The van der Waals surface area contributed by atoms with E-state index in [1.807, 2.05) is 0 Å². The predicted octanol–water partition coefficient (Wildman–Crippen LogP) is 4.09. The summed E-state index contributed by atoms with van der Waals surface area (Å²) in [5, 5.41) is 2.55. The molecule has 7 nitrogen and oxygen atoms in total. The number of hydrogen-bond acceptors (Lipinski definition) is 5. The Kier molecular flexibility index (Phi) is 7.32. The lowest BCUT2D eigenvalue weighted by Crippen LogP contribution is -2.22. The van der Waals surface area contributed by atoms with Crippen LogP contribution in [0.15, 0.2) is 54.9 Å². The first-order valence-electron chi connectivity index (χ1n) is 9.87. The first-order chi connectivity index (χ1) is 15.8. The van der Waals surface area contributed by atoms with E-state index in [4.69, 9.17) is 0 Å². The molecule has 12 heteroatoms. The topological polar surface area (TPSA) is 101 Å². The summed E-state index contributed by atoms with van der Waals surface area (Å²) in [5.74, 6) is -2.19. The second kappa shape index (κ2) is 9.85. The van der Waals surface area contributed by atoms with Crippen LogP contribution in [0.25, 0.3) is 11.3 Å². The summed E-state index contributed by atoms with van der Waals surface area (Å²) in [6.07, 6.45) is -0.971. The monoisotopic (exact) mass is 496 g/mol. The largest absolute Gasteiger partial charge is 0.433 e. The molecule has 1 amide bonds. The standard InChI is InChI=1S/C22H20F4N4O3S/c1-13(14-5-6-15(17(23)10-14)12-28-34(2,32)33)21(31)29-18-7-8-19(22(24,25)26)30-20(18)16-4-3-9-27-11-16/h3-11,13,28H,12H2,1-2H3,(H,29,31). The van der Waals surface area contributed by atoms with Crippen molar-refractivity contribution in [2.24, 2.45) is 0 Å². The highest BCUT2D eigenvalue weighted by Gasteiger charge is 2.33. The molecule has 34 heavy (non-hydrogen) atoms. The van der Waals surface area contributed by atoms with E-state index in [0.717, 1.165) is 24.5 Å². The van der Waals surface area contributed by atoms with Crippen LogP contribution in [-0.2, 0) is 27.5 Å². The number of hydrogen-bond donors (Lipinski definition) is 2. The summed E-state index contributed by atoms with van der Waals surface area (Å²) < 4.78 is 78.5. The van der Waals surface area contributed by atoms with E-state index in [1.54, 1.807) is 0 Å². The van der Waals surface area contributed by atoms with Gasteiger partial charge in [0.25, 0.3) is 0 Å². The number of rotatable bonds is 7. The van der Waals surface area contributed by atoms with Gasteiger partial charge in [-0.2, -0.15) is 13.2 Å². The molecular formula is C22H20F4N4O3S. The molecule has 0 saturated carbocycles. The number of halogens is 4. The average Bonchev–Trinajstić information content (AvgIpc) is 2.77. The summed E-state index contributed by atoms with van der Waals surface area (Å²) in [4.78, 5) is 20.4. The van der Waals surface area contributed by atoms with Crippen molar-refractivity contribution in [2.75, 3.05) is 11.6 Å². The molecule has 2 N–H and O–H groups in total. The van der Waals surface area contributed by atoms with E-state index in [0.29, 0.717) is 5.56 Å². The van der Waals surface area contributed by atoms with E-state index in [1.165, 1.54) is 43.6 Å². The zero-order valence-electron chi connectivity index (χ0n) is 18.0. The average molecular weight is 496 g/mol. The van der Waals surface area contributed by atoms with E-state index in [2.05, 4.69) is 20.0 Å². The number of pyridine rings is 2. The Balaban J connectivity index is 1.86. The van der Waals surface area contributed by atoms with Gasteiger partial charge in [-0.05, 0) is 42.8 Å². The van der Waals surface area contributed by atoms with Crippen molar-refractivity contribution in [3.8, 4) is 11.3 Å². The van der Waals surface area contributed by atoms with Crippen LogP contribution >= 0.6 is 0 Å². The Morgan fingerprint density at radius 2 is 1.88 bits per heavy atom. The van der Waals surface area contributed by atoms with Crippen molar-refractivity contribution >= 4 is 21.6 Å². The molecule has 2 heterocycles. The highest BCUT2D eigenvalue weighted by molar-refractivity contribution is 7.88. The number of aromatic nitrogens is 2. The first kappa shape index (κ1) is 25.2. The lowest BCUT2D eigenvalue weighted by atomic mass is 9.98. The third-order valence-electron chi connectivity index (χ3n) is 4.87. The molecule has 0 bridgehead atoms. The zero-order valence-corrected chi connectivity index (χ0v) is 18.8. The number of benzene rings is 1. The molecule has 0 aliphatic carbocycles. The van der Waals surface area contributed by atoms with Gasteiger partial charge in [-0.25, -0.2) is 22.5 Å². The maximum Gasteiger partial charge on any atom is 0.433 e. The van der Waals surface area contributed by atoms with Crippen LogP contribution in [0, 0.1) is 5.82 Å². The Hall–Kier alpha value is -3.38. The third-order valence-corrected chi connectivity index (χ3v) is 5.54. The van der Waals surface area contributed by atoms with Gasteiger partial charge in [0.2, 0.25) is 15.9 Å². The molecule has 1 atom stereocenters. The summed E-state index contributed by atoms with van der Waals surface area (Å²) >= 11 is 0. The second-order valence-electron chi connectivity index (χ2n) is 7.49. The van der Waals surface area contributed by atoms with Gasteiger partial charge in [-0.3, -0.25) is 9.78 Å². The highest BCUT2D eigenvalue weighted by atomic mass is 32.2. The Morgan fingerprint density at radius 3 is 2.47 bits per heavy atom. The Bertz CT molecular complexity index is 1300. The maximum atomic E-state index is 14.4. The quantitative estimate of drug-likeness (QED) is 0.480. The smallest absolute Gasteiger partial charge is 0.324 e. The van der Waals surface area contributed by atoms with E-state index >= 15 is 0 Å². The van der Waals surface area contributed by atoms with Crippen LogP contribution in [0.3, 0.4) is 0 Å². The molecule has 1 unspecified atom stereocenters. The number of carbonyl (C=O) groups is 1. The summed E-state index contributed by atoms with van der Waals surface area (Å²) in [7, 11) is -3.51. The molecule has 180 valence electrons. The summed E-state index contributed by atoms with van der Waals surface area (Å²) in [6.45, 7) is 1.25. The van der Waals surface area contributed by atoms with Crippen molar-refractivity contribution in [2.45, 2.75) is 25.6 Å². The van der Waals surface area contributed by atoms with Crippen molar-refractivity contribution in [1.82, 2.24) is 14.7 Å². The molecule has 2 aromatic heterocycles. The minimum absolute atomic E-state index is 0.0345. The molecule has 0 spiro atoms. The van der Waals surface area contributed by atoms with Crippen LogP contribution in [-0.4, -0.2) is 30.5 Å². The Labute approximate surface area is 193 Å². The van der Waals surface area contributed by atoms with Crippen LogP contribution in [0.2, 0.25) is 0 Å². The van der Waals surface area contributed by atoms with Crippen molar-refractivity contribution in [3.05, 3.63) is 77.5 Å². The number of anilines is 1. The molecular weight excluding hydrogens is 476 g/mol. The van der Waals surface area contributed by atoms with Gasteiger partial charge < -0.3 is 5.32 Å². The maximum absolute atomic E-state index is 14.4. The molecule has 3 aromatic rings. The molecule has 0 aliphatic rings. The van der Waals surface area contributed by atoms with Gasteiger partial charge >= 0.3 is 6.18 Å². The van der Waals surface area contributed by atoms with Gasteiger partial charge in [0.05, 0.1) is 23.6 Å². The minimum atomic E-state index is -4.68. The lowest BCUT2D eigenvalue weighted by molar-refractivity contribution is -0.141. The number of nitrogens with zero attached hydrogens (tertiary/aromatic N) is 2. The SMILES string of the molecule is CC(C(=O)Nc1ccc(C(F)(F)F)nc1-c1cccnc1)c1ccc(CNS(C)(=O)=O)c(F)c1. The van der Waals surface area contributed by atoms with E-state index < -0.39 is 39.5 Å². The fourth-order valence-corrected chi connectivity index (χ4v) is 3.44. The first-order valence-corrected chi connectivity index (χ1v) is 11.8. The van der Waals surface area contributed by atoms with Crippen LogP contribution in [0.5, 0.6) is 0 Å². The molecule has 0 saturated heterocycles. The normalized spacial score (nSPS) is 12.9. The molecule has 0 fully saturated rings. The fraction of sp³-hybridized carbons (Fsp3) is 0.227. The summed E-state index contributed by atoms with van der Waals surface area (Å²) in [6, 6.07) is 8.82. The van der Waals surface area contributed by atoms with E-state index in [9.17, 15) is 30.8 Å². The van der Waals surface area contributed by atoms with Crippen LogP contribution < -0.4 is 10.0 Å². The highest BCUT2D eigenvalue weighted by Crippen LogP contribution is 2.33. The van der Waals surface area contributed by atoms with Gasteiger partial charge in [0, 0.05) is 30.1 Å². The Morgan fingerprint density at radius 1 is 1.15 bits per heavy atom. The molecule has 1 aromatic carbocycles. The van der Waals surface area contributed by atoms with Crippen LogP contribution in [0.1, 0.15) is 29.7 Å². The van der Waals surface area contributed by atoms with Crippen LogP contribution in [0.4, 0.5) is 23.2 Å². The number of nitrogens with one attached hydrogen (secondary N) is 2. The zero-order chi connectivity index (χ0) is 25.1. The van der Waals surface area contributed by atoms with Gasteiger partial charge in [-0.15, -0.1) is 0 Å². The third kappa shape index (κ3) is 6.35. The molecule has 3 rings (SSSR count). The number of alkyl halides is 3.